The van der Waals surface area contributed by atoms with Crippen molar-refractivity contribution in [3.63, 3.8) is 0 Å². The standard InChI is InChI=1S/C19H17Cl3F4N4O3S2/c1-2-27-13-8-7-10(35(32,33)19(24,25)26)9-14(13)28-17(34)30-16(18(20,21)22)29-15(31)11-5-3-4-6-12(11)23/h3-9,16,27H,2H2,1H3,(H,29,31)(H2,28,30,34). The lowest BCUT2D eigenvalue weighted by Gasteiger charge is -2.28. The molecule has 1 unspecified atom stereocenters. The molecule has 0 aliphatic rings. The molecule has 4 N–H and O–H groups in total. The molecule has 35 heavy (non-hydrogen) atoms. The highest BCUT2D eigenvalue weighted by atomic mass is 35.6. The number of carbonyl (C=O) groups excluding carboxylic acids is 1. The first-order chi connectivity index (χ1) is 16.1. The van der Waals surface area contributed by atoms with Crippen LogP contribution in [0.3, 0.4) is 0 Å². The van der Waals surface area contributed by atoms with Gasteiger partial charge in [0.05, 0.1) is 21.8 Å². The molecule has 16 heteroatoms. The van der Waals surface area contributed by atoms with Crippen molar-refractivity contribution in [2.75, 3.05) is 17.2 Å². The zero-order chi connectivity index (χ0) is 26.6. The summed E-state index contributed by atoms with van der Waals surface area (Å²) < 4.78 is 74.2. The molecule has 192 valence electrons. The van der Waals surface area contributed by atoms with E-state index in [2.05, 4.69) is 21.3 Å². The maximum atomic E-state index is 13.9. The number of amides is 1. The lowest BCUT2D eigenvalue weighted by Crippen LogP contribution is -2.56. The van der Waals surface area contributed by atoms with Crippen molar-refractivity contribution in [1.29, 1.82) is 0 Å². The molecule has 0 spiro atoms. The van der Waals surface area contributed by atoms with Gasteiger partial charge in [-0.2, -0.15) is 13.2 Å². The third-order valence-corrected chi connectivity index (χ3v) is 6.58. The molecule has 0 saturated carbocycles. The number of nitrogens with one attached hydrogen (secondary N) is 4. The van der Waals surface area contributed by atoms with E-state index in [1.165, 1.54) is 18.2 Å². The van der Waals surface area contributed by atoms with Gasteiger partial charge in [0, 0.05) is 6.54 Å². The van der Waals surface area contributed by atoms with Crippen molar-refractivity contribution >= 4 is 79.3 Å². The largest absolute Gasteiger partial charge is 0.501 e. The van der Waals surface area contributed by atoms with Gasteiger partial charge in [-0.15, -0.1) is 0 Å². The van der Waals surface area contributed by atoms with Crippen LogP contribution < -0.4 is 21.3 Å². The van der Waals surface area contributed by atoms with Gasteiger partial charge in [-0.1, -0.05) is 46.9 Å². The van der Waals surface area contributed by atoms with Gasteiger partial charge >= 0.3 is 5.51 Å². The Morgan fingerprint density at radius 1 is 1.06 bits per heavy atom. The lowest BCUT2D eigenvalue weighted by molar-refractivity contribution is -0.0436. The predicted molar refractivity (Wildman–Crippen MR) is 131 cm³/mol. The molecule has 0 aliphatic heterocycles. The van der Waals surface area contributed by atoms with E-state index >= 15 is 0 Å². The normalized spacial score (nSPS) is 13.0. The van der Waals surface area contributed by atoms with Crippen LogP contribution in [-0.2, 0) is 9.84 Å². The summed E-state index contributed by atoms with van der Waals surface area (Å²) in [5.74, 6) is -1.80. The van der Waals surface area contributed by atoms with Crippen molar-refractivity contribution in [2.45, 2.75) is 27.3 Å². The first-order valence-corrected chi connectivity index (χ1v) is 12.5. The molecule has 0 bridgehead atoms. The van der Waals surface area contributed by atoms with E-state index in [1.807, 2.05) is 0 Å². The van der Waals surface area contributed by atoms with Crippen LogP contribution >= 0.6 is 47.0 Å². The van der Waals surface area contributed by atoms with Gasteiger partial charge in [0.25, 0.3) is 15.7 Å². The summed E-state index contributed by atoms with van der Waals surface area (Å²) in [6, 6.07) is 7.61. The fourth-order valence-corrected chi connectivity index (χ4v) is 3.96. The van der Waals surface area contributed by atoms with E-state index in [0.717, 1.165) is 24.3 Å². The highest BCUT2D eigenvalue weighted by Crippen LogP contribution is 2.34. The van der Waals surface area contributed by atoms with Gasteiger partial charge in [-0.25, -0.2) is 12.8 Å². The second kappa shape index (κ2) is 11.3. The predicted octanol–water partition coefficient (Wildman–Crippen LogP) is 4.96. The van der Waals surface area contributed by atoms with Crippen LogP contribution in [0, 0.1) is 5.82 Å². The Labute approximate surface area is 218 Å². The number of carbonyl (C=O) groups is 1. The minimum absolute atomic E-state index is 0.154. The van der Waals surface area contributed by atoms with E-state index in [0.29, 0.717) is 6.54 Å². The van der Waals surface area contributed by atoms with E-state index in [1.54, 1.807) is 6.92 Å². The van der Waals surface area contributed by atoms with E-state index in [4.69, 9.17) is 47.0 Å². The fourth-order valence-electron chi connectivity index (χ4n) is 2.62. The van der Waals surface area contributed by atoms with Crippen molar-refractivity contribution < 1.29 is 30.8 Å². The van der Waals surface area contributed by atoms with Gasteiger partial charge < -0.3 is 21.3 Å². The molecule has 2 rings (SSSR count). The summed E-state index contributed by atoms with van der Waals surface area (Å²) in [6.07, 6.45) is -1.54. The van der Waals surface area contributed by atoms with Crippen LogP contribution in [0.2, 0.25) is 0 Å². The van der Waals surface area contributed by atoms with Crippen LogP contribution in [0.4, 0.5) is 28.9 Å². The lowest BCUT2D eigenvalue weighted by atomic mass is 10.2. The number of halogens is 7. The molecule has 0 aromatic heterocycles. The van der Waals surface area contributed by atoms with Gasteiger partial charge in [0.1, 0.15) is 12.0 Å². The second-order valence-electron chi connectivity index (χ2n) is 6.71. The van der Waals surface area contributed by atoms with Crippen LogP contribution in [0.15, 0.2) is 47.4 Å². The third kappa shape index (κ3) is 7.46. The minimum Gasteiger partial charge on any atom is -0.384 e. The van der Waals surface area contributed by atoms with E-state index < -0.39 is 41.9 Å². The van der Waals surface area contributed by atoms with Crippen molar-refractivity contribution in [1.82, 2.24) is 10.6 Å². The molecular formula is C19H17Cl3F4N4O3S2. The molecule has 0 saturated heterocycles. The number of rotatable bonds is 7. The van der Waals surface area contributed by atoms with Gasteiger partial charge in [0.15, 0.2) is 5.11 Å². The smallest absolute Gasteiger partial charge is 0.384 e. The molecule has 0 heterocycles. The average Bonchev–Trinajstić information content (AvgIpc) is 2.73. The maximum absolute atomic E-state index is 13.9. The highest BCUT2D eigenvalue weighted by molar-refractivity contribution is 7.92. The SMILES string of the molecule is CCNc1ccc(S(=O)(=O)C(F)(F)F)cc1NC(=S)NC(NC(=O)c1ccccc1F)C(Cl)(Cl)Cl. The summed E-state index contributed by atoms with van der Waals surface area (Å²) in [7, 11) is -5.65. The highest BCUT2D eigenvalue weighted by Gasteiger charge is 2.47. The monoisotopic (exact) mass is 594 g/mol. The minimum atomic E-state index is -5.65. The number of hydrogen-bond donors (Lipinski definition) is 4. The molecule has 1 amide bonds. The number of hydrogen-bond acceptors (Lipinski definition) is 5. The van der Waals surface area contributed by atoms with Crippen molar-refractivity contribution in [3.8, 4) is 0 Å². The van der Waals surface area contributed by atoms with E-state index in [9.17, 15) is 30.8 Å². The number of sulfone groups is 1. The average molecular weight is 596 g/mol. The number of thiocarbonyl (C=S) groups is 1. The molecule has 0 radical (unpaired) electrons. The Balaban J connectivity index is 2.31. The van der Waals surface area contributed by atoms with Gasteiger partial charge in [-0.05, 0) is 49.5 Å². The summed E-state index contributed by atoms with van der Waals surface area (Å²) in [6.45, 7) is 2.02. The number of benzene rings is 2. The zero-order valence-electron chi connectivity index (χ0n) is 17.5. The maximum Gasteiger partial charge on any atom is 0.501 e. The number of alkyl halides is 6. The topological polar surface area (TPSA) is 99.3 Å². The van der Waals surface area contributed by atoms with Crippen LogP contribution in [0.25, 0.3) is 0 Å². The zero-order valence-corrected chi connectivity index (χ0v) is 21.4. The Morgan fingerprint density at radius 2 is 1.69 bits per heavy atom. The Bertz CT molecular complexity index is 1210. The first kappa shape index (κ1) is 29.2. The molecule has 2 aromatic carbocycles. The molecule has 0 fully saturated rings. The van der Waals surface area contributed by atoms with Crippen LogP contribution in [0.1, 0.15) is 17.3 Å². The summed E-state index contributed by atoms with van der Waals surface area (Å²) in [5.41, 5.74) is -5.83. The van der Waals surface area contributed by atoms with Crippen molar-refractivity contribution in [2.24, 2.45) is 0 Å². The summed E-state index contributed by atoms with van der Waals surface area (Å²) in [4.78, 5) is 11.4. The van der Waals surface area contributed by atoms with E-state index in [-0.39, 0.29) is 22.1 Å². The van der Waals surface area contributed by atoms with Crippen LogP contribution in [0.5, 0.6) is 0 Å². The van der Waals surface area contributed by atoms with Crippen LogP contribution in [-0.4, -0.2) is 41.4 Å². The summed E-state index contributed by atoms with van der Waals surface area (Å²) in [5, 5.41) is 9.68. The number of anilines is 2. The first-order valence-electron chi connectivity index (χ1n) is 9.46. The van der Waals surface area contributed by atoms with Crippen molar-refractivity contribution in [3.05, 3.63) is 53.8 Å². The molecule has 1 atom stereocenters. The van der Waals surface area contributed by atoms with Gasteiger partial charge in [-0.3, -0.25) is 4.79 Å². The second-order valence-corrected chi connectivity index (χ2v) is 11.4. The fraction of sp³-hybridized carbons (Fsp3) is 0.263. The molecule has 0 aliphatic carbocycles. The molecular weight excluding hydrogens is 579 g/mol. The Morgan fingerprint density at radius 3 is 2.23 bits per heavy atom. The Hall–Kier alpha value is -2.06. The third-order valence-electron chi connectivity index (χ3n) is 4.22. The summed E-state index contributed by atoms with van der Waals surface area (Å²) >= 11 is 22.8. The molecule has 7 nitrogen and oxygen atoms in total. The molecule has 2 aromatic rings. The Kier molecular flexibility index (Phi) is 9.45. The quantitative estimate of drug-likeness (QED) is 0.155. The van der Waals surface area contributed by atoms with Gasteiger partial charge in [0.2, 0.25) is 3.79 Å².